The molecule has 1 aromatic rings. The molecule has 0 unspecified atom stereocenters. The minimum Gasteiger partial charge on any atom is -0.351 e. The summed E-state index contributed by atoms with van der Waals surface area (Å²) in [6, 6.07) is 1.97. The van der Waals surface area contributed by atoms with Crippen LogP contribution in [0.25, 0.3) is 0 Å². The maximum Gasteiger partial charge on any atom is 0.316 e. The lowest BCUT2D eigenvalue weighted by Gasteiger charge is -2.11. The van der Waals surface area contributed by atoms with E-state index in [1.54, 1.807) is 13.8 Å². The van der Waals surface area contributed by atoms with E-state index in [9.17, 15) is 13.2 Å². The normalized spacial score (nSPS) is 11.2. The number of hydrogen-bond acceptors (Lipinski definition) is 3. The molecule has 1 aromatic carbocycles. The van der Waals surface area contributed by atoms with E-state index < -0.39 is 16.1 Å². The Morgan fingerprint density at radius 1 is 1.31 bits per heavy atom. The van der Waals surface area contributed by atoms with E-state index >= 15 is 0 Å². The van der Waals surface area contributed by atoms with Gasteiger partial charge in [-0.3, -0.25) is 0 Å². The standard InChI is InChI=1S/C9H13N3O3S/c1-5-3-7(16(11,14)15)4-8(6(5)2)12-9(10)13/h3-4H,1-2H3,(H3,10,12,13)(H2,11,14,15). The van der Waals surface area contributed by atoms with Crippen LogP contribution in [0.3, 0.4) is 0 Å². The van der Waals surface area contributed by atoms with E-state index in [2.05, 4.69) is 5.32 Å². The highest BCUT2D eigenvalue weighted by Crippen LogP contribution is 2.23. The number of anilines is 1. The van der Waals surface area contributed by atoms with E-state index in [0.717, 1.165) is 5.56 Å². The fourth-order valence-electron chi connectivity index (χ4n) is 1.25. The van der Waals surface area contributed by atoms with Crippen LogP contribution in [-0.2, 0) is 10.0 Å². The first-order valence-corrected chi connectivity index (χ1v) is 5.97. The van der Waals surface area contributed by atoms with Crippen molar-refractivity contribution in [1.82, 2.24) is 0 Å². The van der Waals surface area contributed by atoms with Gasteiger partial charge in [0.15, 0.2) is 0 Å². The van der Waals surface area contributed by atoms with E-state index in [1.807, 2.05) is 0 Å². The number of aryl methyl sites for hydroxylation is 1. The predicted molar refractivity (Wildman–Crippen MR) is 60.5 cm³/mol. The molecule has 0 aliphatic rings. The molecule has 7 heteroatoms. The van der Waals surface area contributed by atoms with E-state index in [1.165, 1.54) is 12.1 Å². The number of hydrogen-bond donors (Lipinski definition) is 3. The number of primary sulfonamides is 1. The molecule has 0 atom stereocenters. The molecule has 0 aliphatic carbocycles. The number of nitrogens with two attached hydrogens (primary N) is 2. The van der Waals surface area contributed by atoms with Gasteiger partial charge in [-0.15, -0.1) is 0 Å². The molecule has 6 nitrogen and oxygen atoms in total. The van der Waals surface area contributed by atoms with Crippen LogP contribution in [0.15, 0.2) is 17.0 Å². The molecule has 0 radical (unpaired) electrons. The zero-order chi connectivity index (χ0) is 12.5. The van der Waals surface area contributed by atoms with Crippen molar-refractivity contribution in [2.24, 2.45) is 10.9 Å². The van der Waals surface area contributed by atoms with Crippen LogP contribution in [0.1, 0.15) is 11.1 Å². The van der Waals surface area contributed by atoms with Crippen molar-refractivity contribution in [3.63, 3.8) is 0 Å². The molecule has 0 aromatic heterocycles. The Hall–Kier alpha value is -1.60. The molecule has 0 spiro atoms. The van der Waals surface area contributed by atoms with Crippen molar-refractivity contribution < 1.29 is 13.2 Å². The van der Waals surface area contributed by atoms with Gasteiger partial charge in [-0.2, -0.15) is 0 Å². The Kier molecular flexibility index (Phi) is 3.20. The first kappa shape index (κ1) is 12.5. The van der Waals surface area contributed by atoms with Gasteiger partial charge in [0.25, 0.3) is 0 Å². The monoisotopic (exact) mass is 243 g/mol. The fourth-order valence-corrected chi connectivity index (χ4v) is 1.88. The van der Waals surface area contributed by atoms with Crippen LogP contribution in [0.2, 0.25) is 0 Å². The summed E-state index contributed by atoms with van der Waals surface area (Å²) in [5, 5.41) is 7.35. The lowest BCUT2D eigenvalue weighted by molar-refractivity contribution is 0.259. The summed E-state index contributed by atoms with van der Waals surface area (Å²) in [6.45, 7) is 3.46. The van der Waals surface area contributed by atoms with Crippen LogP contribution >= 0.6 is 0 Å². The number of amides is 2. The number of carbonyl (C=O) groups is 1. The molecule has 16 heavy (non-hydrogen) atoms. The number of rotatable bonds is 2. The van der Waals surface area contributed by atoms with Crippen LogP contribution in [-0.4, -0.2) is 14.4 Å². The average molecular weight is 243 g/mol. The first-order chi connectivity index (χ1) is 7.21. The van der Waals surface area contributed by atoms with Gasteiger partial charge in [0.05, 0.1) is 4.90 Å². The van der Waals surface area contributed by atoms with E-state index in [4.69, 9.17) is 10.9 Å². The van der Waals surface area contributed by atoms with Crippen molar-refractivity contribution >= 4 is 21.7 Å². The summed E-state index contributed by atoms with van der Waals surface area (Å²) in [6.07, 6.45) is 0. The minimum absolute atomic E-state index is 0.0562. The van der Waals surface area contributed by atoms with Gasteiger partial charge in [0, 0.05) is 5.69 Å². The highest BCUT2D eigenvalue weighted by molar-refractivity contribution is 7.89. The topological polar surface area (TPSA) is 115 Å². The van der Waals surface area contributed by atoms with Crippen LogP contribution in [0.4, 0.5) is 10.5 Å². The third-order valence-corrected chi connectivity index (χ3v) is 3.12. The third-order valence-electron chi connectivity index (χ3n) is 2.23. The van der Waals surface area contributed by atoms with Crippen LogP contribution in [0, 0.1) is 13.8 Å². The Balaban J connectivity index is 3.39. The summed E-state index contributed by atoms with van der Waals surface area (Å²) in [4.78, 5) is 10.7. The number of nitrogens with one attached hydrogen (secondary N) is 1. The van der Waals surface area contributed by atoms with Gasteiger partial charge >= 0.3 is 6.03 Å². The average Bonchev–Trinajstić information content (AvgIpc) is 2.10. The highest BCUT2D eigenvalue weighted by atomic mass is 32.2. The molecule has 0 heterocycles. The summed E-state index contributed by atoms with van der Waals surface area (Å²) in [5.41, 5.74) is 6.76. The molecule has 0 bridgehead atoms. The van der Waals surface area contributed by atoms with E-state index in [-0.39, 0.29) is 4.90 Å². The Morgan fingerprint density at radius 3 is 2.31 bits per heavy atom. The molecule has 1 rings (SSSR count). The molecule has 2 amide bonds. The van der Waals surface area contributed by atoms with Crippen molar-refractivity contribution in [3.05, 3.63) is 23.3 Å². The molecule has 88 valence electrons. The molecule has 5 N–H and O–H groups in total. The van der Waals surface area contributed by atoms with Gasteiger partial charge in [-0.05, 0) is 37.1 Å². The zero-order valence-corrected chi connectivity index (χ0v) is 9.76. The molecular weight excluding hydrogens is 230 g/mol. The Labute approximate surface area is 93.7 Å². The maximum absolute atomic E-state index is 11.2. The van der Waals surface area contributed by atoms with Gasteiger partial charge in [-0.25, -0.2) is 18.4 Å². The van der Waals surface area contributed by atoms with Crippen molar-refractivity contribution in [1.29, 1.82) is 0 Å². The summed E-state index contributed by atoms with van der Waals surface area (Å²) in [5.74, 6) is 0. The number of sulfonamides is 1. The minimum atomic E-state index is -3.79. The lowest BCUT2D eigenvalue weighted by Crippen LogP contribution is -2.21. The van der Waals surface area contributed by atoms with Gasteiger partial charge in [0.1, 0.15) is 0 Å². The first-order valence-electron chi connectivity index (χ1n) is 4.42. The lowest BCUT2D eigenvalue weighted by atomic mass is 10.1. The summed E-state index contributed by atoms with van der Waals surface area (Å²) in [7, 11) is -3.79. The Bertz CT molecular complexity index is 537. The second kappa shape index (κ2) is 4.11. The van der Waals surface area contributed by atoms with Gasteiger partial charge in [-0.1, -0.05) is 0 Å². The van der Waals surface area contributed by atoms with Crippen molar-refractivity contribution in [3.8, 4) is 0 Å². The quantitative estimate of drug-likeness (QED) is 0.699. The van der Waals surface area contributed by atoms with Gasteiger partial charge < -0.3 is 11.1 Å². The molecular formula is C9H13N3O3S. The van der Waals surface area contributed by atoms with Crippen LogP contribution in [0.5, 0.6) is 0 Å². The predicted octanol–water partition coefficient (Wildman–Crippen LogP) is 0.441. The second-order valence-corrected chi connectivity index (χ2v) is 5.01. The Morgan fingerprint density at radius 2 is 1.88 bits per heavy atom. The SMILES string of the molecule is Cc1cc(S(N)(=O)=O)cc(NC(N)=O)c1C. The number of primary amides is 1. The molecule has 0 saturated carbocycles. The number of carbonyl (C=O) groups excluding carboxylic acids is 1. The highest BCUT2D eigenvalue weighted by Gasteiger charge is 2.13. The smallest absolute Gasteiger partial charge is 0.316 e. The molecule has 0 fully saturated rings. The number of benzene rings is 1. The van der Waals surface area contributed by atoms with E-state index in [0.29, 0.717) is 11.3 Å². The summed E-state index contributed by atoms with van der Waals surface area (Å²) < 4.78 is 22.3. The van der Waals surface area contributed by atoms with Crippen molar-refractivity contribution in [2.75, 3.05) is 5.32 Å². The molecule has 0 aliphatic heterocycles. The largest absolute Gasteiger partial charge is 0.351 e. The van der Waals surface area contributed by atoms with Gasteiger partial charge in [0.2, 0.25) is 10.0 Å². The molecule has 0 saturated heterocycles. The number of urea groups is 1. The van der Waals surface area contributed by atoms with Crippen LogP contribution < -0.4 is 16.2 Å². The fraction of sp³-hybridized carbons (Fsp3) is 0.222. The maximum atomic E-state index is 11.2. The zero-order valence-electron chi connectivity index (χ0n) is 8.94. The third kappa shape index (κ3) is 2.71. The summed E-state index contributed by atoms with van der Waals surface area (Å²) >= 11 is 0. The second-order valence-electron chi connectivity index (χ2n) is 3.45. The van der Waals surface area contributed by atoms with Crippen molar-refractivity contribution in [2.45, 2.75) is 18.7 Å².